The summed E-state index contributed by atoms with van der Waals surface area (Å²) >= 11 is 5.74. The summed E-state index contributed by atoms with van der Waals surface area (Å²) in [5.74, 6) is 0. The zero-order chi connectivity index (χ0) is 15.6. The van der Waals surface area contributed by atoms with Crippen molar-refractivity contribution >= 4 is 21.6 Å². The van der Waals surface area contributed by atoms with Crippen LogP contribution in [0.15, 0.2) is 29.2 Å². The molecule has 0 saturated carbocycles. The van der Waals surface area contributed by atoms with Crippen LogP contribution in [0.1, 0.15) is 44.9 Å². The van der Waals surface area contributed by atoms with Crippen molar-refractivity contribution in [2.24, 2.45) is 0 Å². The summed E-state index contributed by atoms with van der Waals surface area (Å²) in [6, 6.07) is 8.26. The van der Waals surface area contributed by atoms with Gasteiger partial charge in [-0.15, -0.1) is 0 Å². The average molecular weight is 329 g/mol. The lowest BCUT2D eigenvalue weighted by atomic mass is 10.1. The molecule has 0 aliphatic rings. The number of sulfonamides is 1. The van der Waals surface area contributed by atoms with E-state index in [9.17, 15) is 8.42 Å². The summed E-state index contributed by atoms with van der Waals surface area (Å²) in [6.45, 7) is 0.448. The van der Waals surface area contributed by atoms with Crippen LogP contribution in [-0.2, 0) is 10.0 Å². The third-order valence-electron chi connectivity index (χ3n) is 3.13. The summed E-state index contributed by atoms with van der Waals surface area (Å²) in [6.07, 6.45) is 6.66. The lowest BCUT2D eigenvalue weighted by Gasteiger charge is -2.06. The second kappa shape index (κ2) is 9.78. The van der Waals surface area contributed by atoms with Crippen LogP contribution in [0.2, 0.25) is 5.02 Å². The molecule has 1 rings (SSSR count). The van der Waals surface area contributed by atoms with Gasteiger partial charge in [0.05, 0.1) is 11.0 Å². The monoisotopic (exact) mass is 328 g/mol. The van der Waals surface area contributed by atoms with E-state index in [1.54, 1.807) is 12.1 Å². The molecule has 0 radical (unpaired) electrons. The maximum Gasteiger partial charge on any atom is 0.240 e. The molecule has 6 heteroatoms. The number of hydrogen-bond donors (Lipinski definition) is 1. The Hall–Kier alpha value is -1.09. The van der Waals surface area contributed by atoms with Gasteiger partial charge in [0, 0.05) is 18.0 Å². The van der Waals surface area contributed by atoms with E-state index in [4.69, 9.17) is 16.9 Å². The molecular weight excluding hydrogens is 308 g/mol. The van der Waals surface area contributed by atoms with Crippen molar-refractivity contribution in [2.75, 3.05) is 6.54 Å². The maximum absolute atomic E-state index is 12.0. The van der Waals surface area contributed by atoms with Crippen molar-refractivity contribution in [3.05, 3.63) is 29.3 Å². The Morgan fingerprint density at radius 1 is 1.00 bits per heavy atom. The summed E-state index contributed by atoms with van der Waals surface area (Å²) in [4.78, 5) is 0.239. The van der Waals surface area contributed by atoms with Crippen LogP contribution in [0.4, 0.5) is 0 Å². The Kier molecular flexibility index (Phi) is 8.36. The molecule has 0 heterocycles. The van der Waals surface area contributed by atoms with Gasteiger partial charge in [-0.25, -0.2) is 13.1 Å². The van der Waals surface area contributed by atoms with Gasteiger partial charge in [-0.2, -0.15) is 5.26 Å². The first-order valence-corrected chi connectivity index (χ1v) is 9.04. The number of nitriles is 1. The fourth-order valence-electron chi connectivity index (χ4n) is 1.94. The van der Waals surface area contributed by atoms with Gasteiger partial charge in [-0.05, 0) is 37.1 Å². The van der Waals surface area contributed by atoms with Crippen molar-refractivity contribution in [3.63, 3.8) is 0 Å². The van der Waals surface area contributed by atoms with Crippen molar-refractivity contribution in [1.29, 1.82) is 5.26 Å². The van der Waals surface area contributed by atoms with E-state index in [1.807, 2.05) is 0 Å². The molecule has 0 bridgehead atoms. The molecule has 0 saturated heterocycles. The minimum Gasteiger partial charge on any atom is -0.211 e. The third-order valence-corrected chi connectivity index (χ3v) is 4.86. The Balaban J connectivity index is 2.17. The van der Waals surface area contributed by atoms with Gasteiger partial charge in [-0.1, -0.05) is 37.3 Å². The molecule has 0 fully saturated rings. The molecule has 1 N–H and O–H groups in total. The first-order chi connectivity index (χ1) is 10.1. The fourth-order valence-corrected chi connectivity index (χ4v) is 3.14. The average Bonchev–Trinajstić information content (AvgIpc) is 2.46. The van der Waals surface area contributed by atoms with Crippen LogP contribution in [0.5, 0.6) is 0 Å². The summed E-state index contributed by atoms with van der Waals surface area (Å²) in [5.41, 5.74) is 0. The van der Waals surface area contributed by atoms with E-state index < -0.39 is 10.0 Å². The van der Waals surface area contributed by atoms with Gasteiger partial charge >= 0.3 is 0 Å². The Morgan fingerprint density at radius 3 is 2.19 bits per heavy atom. The van der Waals surface area contributed by atoms with Gasteiger partial charge < -0.3 is 0 Å². The van der Waals surface area contributed by atoms with Gasteiger partial charge in [0.1, 0.15) is 0 Å². The standard InChI is InChI=1S/C15H21ClN2O2S/c16-14-8-10-15(11-9-14)21(19,20)18-13-7-5-3-1-2-4-6-12-17/h8-11,18H,1-7,13H2. The number of halogens is 1. The number of hydrogen-bond acceptors (Lipinski definition) is 3. The molecule has 0 spiro atoms. The SMILES string of the molecule is N#CCCCCCCCCNS(=O)(=O)c1ccc(Cl)cc1. The topological polar surface area (TPSA) is 70.0 Å². The summed E-state index contributed by atoms with van der Waals surface area (Å²) in [7, 11) is -3.43. The second-order valence-corrected chi connectivity index (χ2v) is 7.08. The number of rotatable bonds is 10. The first kappa shape index (κ1) is 18.0. The van der Waals surface area contributed by atoms with E-state index in [2.05, 4.69) is 10.8 Å². The molecule has 0 aliphatic heterocycles. The second-order valence-electron chi connectivity index (χ2n) is 4.88. The Bertz CT molecular complexity index is 550. The highest BCUT2D eigenvalue weighted by Gasteiger charge is 2.12. The van der Waals surface area contributed by atoms with E-state index >= 15 is 0 Å². The lowest BCUT2D eigenvalue weighted by Crippen LogP contribution is -2.24. The minimum atomic E-state index is -3.43. The predicted molar refractivity (Wildman–Crippen MR) is 84.6 cm³/mol. The largest absolute Gasteiger partial charge is 0.240 e. The van der Waals surface area contributed by atoms with Gasteiger partial charge in [0.2, 0.25) is 10.0 Å². The van der Waals surface area contributed by atoms with Crippen LogP contribution in [-0.4, -0.2) is 15.0 Å². The zero-order valence-electron chi connectivity index (χ0n) is 12.0. The molecule has 116 valence electrons. The van der Waals surface area contributed by atoms with E-state index in [0.717, 1.165) is 38.5 Å². The highest BCUT2D eigenvalue weighted by Crippen LogP contribution is 2.14. The Labute approximate surface area is 132 Å². The van der Waals surface area contributed by atoms with Crippen molar-refractivity contribution < 1.29 is 8.42 Å². The number of benzene rings is 1. The molecule has 0 aliphatic carbocycles. The van der Waals surface area contributed by atoms with E-state index in [1.165, 1.54) is 12.1 Å². The van der Waals surface area contributed by atoms with Crippen molar-refractivity contribution in [2.45, 2.75) is 49.8 Å². The van der Waals surface area contributed by atoms with Gasteiger partial charge in [0.25, 0.3) is 0 Å². The van der Waals surface area contributed by atoms with Crippen LogP contribution < -0.4 is 4.72 Å². The molecule has 21 heavy (non-hydrogen) atoms. The number of nitrogens with one attached hydrogen (secondary N) is 1. The molecule has 1 aromatic rings. The van der Waals surface area contributed by atoms with Gasteiger partial charge in [-0.3, -0.25) is 0 Å². The third kappa shape index (κ3) is 7.47. The maximum atomic E-state index is 12.0. The molecule has 0 atom stereocenters. The number of nitrogens with zero attached hydrogens (tertiary/aromatic N) is 1. The first-order valence-electron chi connectivity index (χ1n) is 7.18. The van der Waals surface area contributed by atoms with Crippen molar-refractivity contribution in [1.82, 2.24) is 4.72 Å². The smallest absolute Gasteiger partial charge is 0.211 e. The van der Waals surface area contributed by atoms with Gasteiger partial charge in [0.15, 0.2) is 0 Å². The number of unbranched alkanes of at least 4 members (excludes halogenated alkanes) is 6. The van der Waals surface area contributed by atoms with E-state index in [-0.39, 0.29) is 4.90 Å². The van der Waals surface area contributed by atoms with E-state index in [0.29, 0.717) is 18.0 Å². The highest BCUT2D eigenvalue weighted by atomic mass is 35.5. The molecule has 0 amide bonds. The summed E-state index contributed by atoms with van der Waals surface area (Å²) < 4.78 is 26.5. The highest BCUT2D eigenvalue weighted by molar-refractivity contribution is 7.89. The zero-order valence-corrected chi connectivity index (χ0v) is 13.6. The summed E-state index contributed by atoms with van der Waals surface area (Å²) in [5, 5.41) is 8.92. The molecule has 1 aromatic carbocycles. The normalized spacial score (nSPS) is 11.2. The van der Waals surface area contributed by atoms with Crippen LogP contribution >= 0.6 is 11.6 Å². The lowest BCUT2D eigenvalue weighted by molar-refractivity contribution is 0.566. The Morgan fingerprint density at radius 2 is 1.57 bits per heavy atom. The molecule has 0 aromatic heterocycles. The van der Waals surface area contributed by atoms with Crippen LogP contribution in [0.3, 0.4) is 0 Å². The molecular formula is C15H21ClN2O2S. The van der Waals surface area contributed by atoms with Crippen molar-refractivity contribution in [3.8, 4) is 6.07 Å². The minimum absolute atomic E-state index is 0.239. The van der Waals surface area contributed by atoms with Crippen LogP contribution in [0.25, 0.3) is 0 Å². The quantitative estimate of drug-likeness (QED) is 0.663. The van der Waals surface area contributed by atoms with Crippen LogP contribution in [0, 0.1) is 11.3 Å². The molecule has 0 unspecified atom stereocenters. The fraction of sp³-hybridized carbons (Fsp3) is 0.533. The predicted octanol–water partition coefficient (Wildman–Crippen LogP) is 3.87. The molecule has 4 nitrogen and oxygen atoms in total.